The summed E-state index contributed by atoms with van der Waals surface area (Å²) in [4.78, 5) is 16.7. The molecule has 3 rings (SSSR count). The van der Waals surface area contributed by atoms with Gasteiger partial charge in [0.1, 0.15) is 0 Å². The highest BCUT2D eigenvalue weighted by molar-refractivity contribution is 9.10. The summed E-state index contributed by atoms with van der Waals surface area (Å²) in [6, 6.07) is 3.27. The zero-order valence-electron chi connectivity index (χ0n) is 12.4. The number of likely N-dealkylation sites (N-methyl/N-ethyl adjacent to an activating group) is 1. The molecule has 1 aromatic carbocycles. The van der Waals surface area contributed by atoms with E-state index in [4.69, 9.17) is 0 Å². The predicted molar refractivity (Wildman–Crippen MR) is 94.7 cm³/mol. The maximum absolute atomic E-state index is 12.9. The molecule has 1 aliphatic heterocycles. The summed E-state index contributed by atoms with van der Waals surface area (Å²) in [6.07, 6.45) is 1.79. The van der Waals surface area contributed by atoms with E-state index in [0.29, 0.717) is 28.6 Å². The van der Waals surface area contributed by atoms with Gasteiger partial charge in [-0.25, -0.2) is 13.2 Å². The molecule has 128 valence electrons. The second-order valence-corrected chi connectivity index (χ2v) is 8.16. The third-order valence-corrected chi connectivity index (χ3v) is 6.80. The zero-order valence-corrected chi connectivity index (χ0v) is 15.6. The van der Waals surface area contributed by atoms with Crippen LogP contribution < -0.4 is 11.0 Å². The van der Waals surface area contributed by atoms with Crippen molar-refractivity contribution in [2.24, 2.45) is 0 Å². The first kappa shape index (κ1) is 18.5. The molecule has 10 heteroatoms. The smallest absolute Gasteiger partial charge is 0.316 e. The monoisotopic (exact) mass is 424 g/mol. The molecule has 1 aliphatic rings. The Labute approximate surface area is 148 Å². The molecule has 1 atom stereocenters. The van der Waals surface area contributed by atoms with Crippen molar-refractivity contribution in [2.45, 2.75) is 23.8 Å². The second-order valence-electron chi connectivity index (χ2n) is 5.40. The number of aromatic nitrogens is 2. The molecule has 0 aliphatic carbocycles. The third kappa shape index (κ3) is 3.48. The van der Waals surface area contributed by atoms with E-state index in [1.54, 1.807) is 6.07 Å². The second kappa shape index (κ2) is 6.94. The van der Waals surface area contributed by atoms with Crippen molar-refractivity contribution in [3.8, 4) is 0 Å². The van der Waals surface area contributed by atoms with Gasteiger partial charge in [-0.15, -0.1) is 12.4 Å². The normalized spacial score (nSPS) is 19.7. The number of piperidine rings is 1. The lowest BCUT2D eigenvalue weighted by atomic mass is 10.1. The number of aromatic amines is 2. The molecule has 23 heavy (non-hydrogen) atoms. The van der Waals surface area contributed by atoms with Crippen molar-refractivity contribution in [2.75, 3.05) is 20.1 Å². The maximum Gasteiger partial charge on any atom is 0.323 e. The summed E-state index contributed by atoms with van der Waals surface area (Å²) in [7, 11) is -1.77. The lowest BCUT2D eigenvalue weighted by Gasteiger charge is -2.31. The van der Waals surface area contributed by atoms with Crippen LogP contribution in [0.5, 0.6) is 0 Å². The number of benzene rings is 1. The molecule has 0 bridgehead atoms. The number of halogens is 2. The van der Waals surface area contributed by atoms with E-state index in [-0.39, 0.29) is 29.0 Å². The highest BCUT2D eigenvalue weighted by Crippen LogP contribution is 2.29. The first-order valence-corrected chi connectivity index (χ1v) is 9.24. The molecule has 0 spiro atoms. The van der Waals surface area contributed by atoms with Crippen LogP contribution in [0.2, 0.25) is 0 Å². The molecule has 0 radical (unpaired) electrons. The van der Waals surface area contributed by atoms with Gasteiger partial charge < -0.3 is 15.3 Å². The van der Waals surface area contributed by atoms with Crippen molar-refractivity contribution in [3.63, 3.8) is 0 Å². The quantitative estimate of drug-likeness (QED) is 0.692. The largest absolute Gasteiger partial charge is 0.323 e. The van der Waals surface area contributed by atoms with Gasteiger partial charge in [-0.05, 0) is 48.0 Å². The summed E-state index contributed by atoms with van der Waals surface area (Å²) >= 11 is 3.30. The lowest BCUT2D eigenvalue weighted by molar-refractivity contribution is 0.293. The van der Waals surface area contributed by atoms with Crippen molar-refractivity contribution in [1.82, 2.24) is 19.6 Å². The van der Waals surface area contributed by atoms with Crippen LogP contribution in [-0.2, 0) is 10.0 Å². The van der Waals surface area contributed by atoms with Gasteiger partial charge in [0.05, 0.1) is 15.9 Å². The SMILES string of the molecule is CNC1CCCN(S(=O)(=O)c2cc3[nH]c(=O)[nH]c3cc2Br)C1.Cl. The minimum absolute atomic E-state index is 0. The number of sulfonamides is 1. The first-order chi connectivity index (χ1) is 10.4. The van der Waals surface area contributed by atoms with Gasteiger partial charge in [-0.3, -0.25) is 0 Å². The van der Waals surface area contributed by atoms with E-state index in [1.165, 1.54) is 10.4 Å². The van der Waals surface area contributed by atoms with E-state index >= 15 is 0 Å². The molecule has 2 aromatic rings. The summed E-state index contributed by atoms with van der Waals surface area (Å²) < 4.78 is 27.7. The third-order valence-electron chi connectivity index (χ3n) is 3.98. The number of imidazole rings is 1. The molecule has 3 N–H and O–H groups in total. The van der Waals surface area contributed by atoms with Crippen molar-refractivity contribution in [1.29, 1.82) is 0 Å². The van der Waals surface area contributed by atoms with Crippen LogP contribution in [-0.4, -0.2) is 48.9 Å². The molecule has 0 saturated carbocycles. The van der Waals surface area contributed by atoms with Crippen LogP contribution in [0.25, 0.3) is 11.0 Å². The molecular formula is C13H18BrClN4O3S. The van der Waals surface area contributed by atoms with E-state index in [0.717, 1.165) is 12.8 Å². The molecule has 1 saturated heterocycles. The van der Waals surface area contributed by atoms with Crippen LogP contribution in [0.15, 0.2) is 26.3 Å². The molecule has 1 aromatic heterocycles. The highest BCUT2D eigenvalue weighted by atomic mass is 79.9. The van der Waals surface area contributed by atoms with Crippen LogP contribution >= 0.6 is 28.3 Å². The predicted octanol–water partition coefficient (Wildman–Crippen LogP) is 1.41. The number of rotatable bonds is 3. The number of nitrogens with one attached hydrogen (secondary N) is 3. The Morgan fingerprint density at radius 1 is 1.30 bits per heavy atom. The van der Waals surface area contributed by atoms with Gasteiger partial charge in [-0.1, -0.05) is 0 Å². The summed E-state index contributed by atoms with van der Waals surface area (Å²) in [5.74, 6) is 0. The minimum atomic E-state index is -3.61. The molecular weight excluding hydrogens is 408 g/mol. The lowest BCUT2D eigenvalue weighted by Crippen LogP contribution is -2.46. The van der Waals surface area contributed by atoms with E-state index in [2.05, 4.69) is 31.2 Å². The Balaban J connectivity index is 0.00000192. The van der Waals surface area contributed by atoms with E-state index in [1.807, 2.05) is 7.05 Å². The van der Waals surface area contributed by atoms with Gasteiger partial charge >= 0.3 is 5.69 Å². The molecule has 2 heterocycles. The van der Waals surface area contributed by atoms with Crippen LogP contribution in [0, 0.1) is 0 Å². The van der Waals surface area contributed by atoms with Gasteiger partial charge in [0.15, 0.2) is 0 Å². The van der Waals surface area contributed by atoms with E-state index < -0.39 is 10.0 Å². The van der Waals surface area contributed by atoms with Gasteiger partial charge in [-0.2, -0.15) is 4.31 Å². The average Bonchev–Trinajstić information content (AvgIpc) is 2.85. The number of nitrogens with zero attached hydrogens (tertiary/aromatic N) is 1. The maximum atomic E-state index is 12.9. The Bertz CT molecular complexity index is 864. The van der Waals surface area contributed by atoms with Crippen molar-refractivity contribution >= 4 is 49.4 Å². The summed E-state index contributed by atoms with van der Waals surface area (Å²) in [5, 5.41) is 3.13. The Morgan fingerprint density at radius 3 is 2.61 bits per heavy atom. The van der Waals surface area contributed by atoms with Crippen LogP contribution in [0.3, 0.4) is 0 Å². The van der Waals surface area contributed by atoms with Gasteiger partial charge in [0, 0.05) is 23.6 Å². The fraction of sp³-hybridized carbons (Fsp3) is 0.462. The standard InChI is InChI=1S/C13H17BrN4O3S.ClH/c1-15-8-3-2-4-18(7-8)22(20,21)12-6-11-10(5-9(12)14)16-13(19)17-11;/h5-6,8,15H,2-4,7H2,1H3,(H2,16,17,19);1H. The Hall–Kier alpha value is -0.870. The molecule has 0 amide bonds. The number of H-pyrrole nitrogens is 2. The highest BCUT2D eigenvalue weighted by Gasteiger charge is 2.31. The minimum Gasteiger partial charge on any atom is -0.316 e. The molecule has 1 unspecified atom stereocenters. The fourth-order valence-electron chi connectivity index (χ4n) is 2.77. The van der Waals surface area contributed by atoms with Gasteiger partial charge in [0.25, 0.3) is 0 Å². The van der Waals surface area contributed by atoms with Crippen LogP contribution in [0.4, 0.5) is 0 Å². The number of fused-ring (bicyclic) bond motifs is 1. The Kier molecular flexibility index (Phi) is 5.57. The van der Waals surface area contributed by atoms with Gasteiger partial charge in [0.2, 0.25) is 10.0 Å². The summed E-state index contributed by atoms with van der Waals surface area (Å²) in [5.41, 5.74) is 0.696. The molecule has 7 nitrogen and oxygen atoms in total. The number of hydrogen-bond acceptors (Lipinski definition) is 4. The van der Waals surface area contributed by atoms with Crippen LogP contribution in [0.1, 0.15) is 12.8 Å². The average molecular weight is 426 g/mol. The zero-order chi connectivity index (χ0) is 15.9. The van der Waals surface area contributed by atoms with Crippen molar-refractivity contribution in [3.05, 3.63) is 27.1 Å². The number of hydrogen-bond donors (Lipinski definition) is 3. The first-order valence-electron chi connectivity index (χ1n) is 7.01. The Morgan fingerprint density at radius 2 is 1.96 bits per heavy atom. The van der Waals surface area contributed by atoms with E-state index in [9.17, 15) is 13.2 Å². The summed E-state index contributed by atoms with van der Waals surface area (Å²) in [6.45, 7) is 0.960. The molecule has 1 fully saturated rings. The fourth-order valence-corrected chi connectivity index (χ4v) is 5.32. The van der Waals surface area contributed by atoms with Crippen molar-refractivity contribution < 1.29 is 8.42 Å². The topological polar surface area (TPSA) is 98.1 Å².